The van der Waals surface area contributed by atoms with Crippen molar-refractivity contribution < 1.29 is 17.1 Å². The van der Waals surface area contributed by atoms with Gasteiger partial charge in [0.25, 0.3) is 0 Å². The monoisotopic (exact) mass is 703 g/mol. The van der Waals surface area contributed by atoms with Gasteiger partial charge < -0.3 is 13.1 Å². The summed E-state index contributed by atoms with van der Waals surface area (Å²) in [5, 5.41) is 0.642. The average Bonchev–Trinajstić information content (AvgIpc) is 3.04. The molecular weight excluding hydrogens is 646 g/mol. The van der Waals surface area contributed by atoms with Gasteiger partial charge in [-0.2, -0.15) is 0 Å². The second-order valence-corrected chi connectivity index (χ2v) is 22.7. The minimum Gasteiger partial charge on any atom is -0.342 e. The molecule has 1 heterocycles. The summed E-state index contributed by atoms with van der Waals surface area (Å²) in [6.07, 6.45) is 0. The van der Waals surface area contributed by atoms with E-state index in [0.29, 0.717) is 5.02 Å². The van der Waals surface area contributed by atoms with Gasteiger partial charge >= 0.3 is 17.1 Å². The van der Waals surface area contributed by atoms with Crippen LogP contribution in [-0.4, -0.2) is 32.6 Å². The number of hydrogen-bond donors (Lipinski definition) is 0. The minimum atomic E-state index is -0.921. The quantitative estimate of drug-likeness (QED) is 0.118. The smallest absolute Gasteiger partial charge is 0.342 e. The number of aryl methyl sites for hydroxylation is 3. The van der Waals surface area contributed by atoms with E-state index in [1.165, 1.54) is 36.3 Å². The number of aromatic nitrogens is 1. The fourth-order valence-corrected chi connectivity index (χ4v) is 7.80. The van der Waals surface area contributed by atoms with Crippen LogP contribution < -0.4 is 0 Å². The van der Waals surface area contributed by atoms with E-state index in [0.717, 1.165) is 50.9 Å². The summed E-state index contributed by atoms with van der Waals surface area (Å²) < 4.78 is 0. The summed E-state index contributed by atoms with van der Waals surface area (Å²) in [4.78, 5) is 14.3. The minimum absolute atomic E-state index is 0. The van der Waals surface area contributed by atoms with Gasteiger partial charge in [-0.15, -0.1) is 0 Å². The number of pyridine rings is 1. The molecule has 3 aromatic rings. The molecule has 248 valence electrons. The van der Waals surface area contributed by atoms with E-state index in [-0.39, 0.29) is 17.1 Å². The van der Waals surface area contributed by atoms with E-state index < -0.39 is 16.1 Å². The molecule has 0 radical (unpaired) electrons. The number of benzene rings is 2. The van der Waals surface area contributed by atoms with Crippen LogP contribution in [-0.2, 0) is 17.1 Å². The van der Waals surface area contributed by atoms with Crippen molar-refractivity contribution in [2.24, 2.45) is 9.98 Å². The first-order chi connectivity index (χ1) is 20.7. The van der Waals surface area contributed by atoms with Crippen molar-refractivity contribution in [2.45, 2.75) is 112 Å². The van der Waals surface area contributed by atoms with E-state index in [1.807, 2.05) is 57.2 Å². The van der Waals surface area contributed by atoms with Gasteiger partial charge in [0, 0.05) is 0 Å². The van der Waals surface area contributed by atoms with E-state index in [2.05, 4.69) is 86.7 Å². The van der Waals surface area contributed by atoms with Crippen LogP contribution in [0.15, 0.2) is 64.6 Å². The van der Waals surface area contributed by atoms with Gasteiger partial charge in [0.2, 0.25) is 0 Å². The zero-order chi connectivity index (χ0) is 33.5. The first kappa shape index (κ1) is 43.2. The Hall–Kier alpha value is -1.83. The Morgan fingerprint density at radius 3 is 1.24 bits per heavy atom. The summed E-state index contributed by atoms with van der Waals surface area (Å²) in [6, 6.07) is 26.0. The average molecular weight is 704 g/mol. The van der Waals surface area contributed by atoms with Gasteiger partial charge in [-0.1, -0.05) is 142 Å². The summed E-state index contributed by atoms with van der Waals surface area (Å²) in [6.45, 7) is 32.2. The van der Waals surface area contributed by atoms with Gasteiger partial charge in [0.1, 0.15) is 0 Å². The fourth-order valence-electron chi connectivity index (χ4n) is 4.53. The van der Waals surface area contributed by atoms with Crippen LogP contribution in [0.2, 0.25) is 41.3 Å². The van der Waals surface area contributed by atoms with E-state index in [4.69, 9.17) is 26.6 Å². The van der Waals surface area contributed by atoms with Crippen LogP contribution in [0.3, 0.4) is 0 Å². The summed E-state index contributed by atoms with van der Waals surface area (Å²) >= 11 is 6.32. The standard InChI is InChI=1S/C24H24ClN3.2C7H17Si.Fe/c1-15-9-6-10-16(2)23(15)26-18(4)21-13-8-14-22(28-21)19(5)27-24-17(3)11-7-12-20(24)25;2*1-5-8(4,6-2)7-3;/h6-14H,1-5H3;2*4-7H2,1-3H3;/q;2*-1;+2. The molecule has 0 aliphatic carbocycles. The fraction of sp³-hybridized carbons (Fsp3) is 0.447. The molecule has 0 aliphatic rings. The normalized spacial score (nSPS) is 12.0. The van der Waals surface area contributed by atoms with Gasteiger partial charge in [-0.25, -0.2) is 9.98 Å². The summed E-state index contributed by atoms with van der Waals surface area (Å²) in [5.74, 6) is 0. The first-order valence-electron chi connectivity index (χ1n) is 16.3. The number of para-hydroxylation sites is 2. The van der Waals surface area contributed by atoms with Crippen molar-refractivity contribution in [3.63, 3.8) is 0 Å². The molecule has 0 N–H and O–H groups in total. The number of rotatable bonds is 10. The molecule has 0 saturated carbocycles. The maximum Gasteiger partial charge on any atom is 2.00 e. The van der Waals surface area contributed by atoms with E-state index in [1.54, 1.807) is 0 Å². The molecular formula is C38H58ClFeN3Si2. The van der Waals surface area contributed by atoms with Crippen LogP contribution >= 0.6 is 11.6 Å². The number of hydrogen-bond acceptors (Lipinski definition) is 3. The molecule has 0 saturated heterocycles. The van der Waals surface area contributed by atoms with Crippen LogP contribution in [0.4, 0.5) is 11.4 Å². The predicted octanol–water partition coefficient (Wildman–Crippen LogP) is 12.7. The number of nitrogens with zero attached hydrogens (tertiary/aromatic N) is 3. The maximum atomic E-state index is 6.32. The van der Waals surface area contributed by atoms with E-state index >= 15 is 0 Å². The van der Waals surface area contributed by atoms with Crippen molar-refractivity contribution in [2.75, 3.05) is 0 Å². The maximum absolute atomic E-state index is 6.32. The molecule has 0 bridgehead atoms. The SMILES string of the molecule is CC(=Nc1c(C)cccc1C)c1cccc(C(C)=Nc2c(C)cccc2Cl)n1.[CH2-][Si](CC)(CC)CC.[CH2-][Si](CC)(CC)CC.[Fe+2]. The molecule has 0 fully saturated rings. The first-order valence-corrected chi connectivity index (χ1v) is 22.4. The van der Waals surface area contributed by atoms with Crippen molar-refractivity contribution >= 4 is 50.5 Å². The second-order valence-electron chi connectivity index (χ2n) is 12.1. The van der Waals surface area contributed by atoms with Gasteiger partial charge in [-0.05, 0) is 69.5 Å². The number of halogens is 1. The molecule has 1 aromatic heterocycles. The molecule has 3 rings (SSSR count). The number of aliphatic imine (C=N–C) groups is 2. The van der Waals surface area contributed by atoms with Crippen LogP contribution in [0, 0.1) is 33.9 Å². The molecule has 3 nitrogen and oxygen atoms in total. The molecule has 0 unspecified atom stereocenters. The predicted molar refractivity (Wildman–Crippen MR) is 205 cm³/mol. The van der Waals surface area contributed by atoms with Crippen molar-refractivity contribution in [1.82, 2.24) is 4.98 Å². The van der Waals surface area contributed by atoms with Crippen molar-refractivity contribution in [3.8, 4) is 0 Å². The Balaban J connectivity index is 0.000000943. The van der Waals surface area contributed by atoms with Crippen LogP contribution in [0.5, 0.6) is 0 Å². The molecule has 0 aliphatic heterocycles. The Morgan fingerprint density at radius 1 is 0.600 bits per heavy atom. The Kier molecular flexibility index (Phi) is 20.3. The molecule has 0 spiro atoms. The van der Waals surface area contributed by atoms with E-state index in [9.17, 15) is 0 Å². The molecule has 45 heavy (non-hydrogen) atoms. The molecule has 2 aromatic carbocycles. The third-order valence-corrected chi connectivity index (χ3v) is 18.5. The third kappa shape index (κ3) is 13.8. The largest absolute Gasteiger partial charge is 2.00 e. The topological polar surface area (TPSA) is 37.6 Å². The van der Waals surface area contributed by atoms with Crippen molar-refractivity contribution in [3.05, 3.63) is 101 Å². The molecule has 0 atom stereocenters. The Morgan fingerprint density at radius 2 is 0.911 bits per heavy atom. The third-order valence-electron chi connectivity index (χ3n) is 9.18. The zero-order valence-corrected chi connectivity index (χ0v) is 33.8. The zero-order valence-electron chi connectivity index (χ0n) is 29.9. The van der Waals surface area contributed by atoms with Gasteiger partial charge in [-0.3, -0.25) is 4.99 Å². The van der Waals surface area contributed by atoms with Gasteiger partial charge in [0.15, 0.2) is 0 Å². The Labute approximate surface area is 294 Å². The van der Waals surface area contributed by atoms with Gasteiger partial charge in [0.05, 0.1) is 39.2 Å². The van der Waals surface area contributed by atoms with Crippen molar-refractivity contribution in [1.29, 1.82) is 0 Å². The van der Waals surface area contributed by atoms with Crippen LogP contribution in [0.1, 0.15) is 83.5 Å². The second kappa shape index (κ2) is 21.1. The molecule has 0 amide bonds. The summed E-state index contributed by atoms with van der Waals surface area (Å²) in [5.41, 5.74) is 8.48. The summed E-state index contributed by atoms with van der Waals surface area (Å²) in [7, 11) is -1.84. The Bertz CT molecular complexity index is 1220. The molecule has 7 heteroatoms. The van der Waals surface area contributed by atoms with Crippen LogP contribution in [0.25, 0.3) is 0 Å².